The van der Waals surface area contributed by atoms with Crippen molar-refractivity contribution in [2.75, 3.05) is 25.2 Å². The molecule has 4 aromatic rings. The van der Waals surface area contributed by atoms with Gasteiger partial charge in [0.05, 0.1) is 29.8 Å². The minimum Gasteiger partial charge on any atom is -0.497 e. The van der Waals surface area contributed by atoms with Crippen LogP contribution in [0.2, 0.25) is 5.02 Å². The number of amides is 1. The lowest BCUT2D eigenvalue weighted by molar-refractivity contribution is -0.117. The van der Waals surface area contributed by atoms with Gasteiger partial charge in [0.15, 0.2) is 0 Å². The highest BCUT2D eigenvalue weighted by molar-refractivity contribution is 6.32. The molecule has 3 aromatic carbocycles. The number of rotatable bonds is 8. The number of aryl methyl sites for hydroxylation is 1. The highest BCUT2D eigenvalue weighted by Crippen LogP contribution is 2.34. The van der Waals surface area contributed by atoms with E-state index in [0.29, 0.717) is 30.3 Å². The largest absolute Gasteiger partial charge is 0.497 e. The predicted octanol–water partition coefficient (Wildman–Crippen LogP) is 5.69. The van der Waals surface area contributed by atoms with Gasteiger partial charge in [0.2, 0.25) is 5.91 Å². The van der Waals surface area contributed by atoms with E-state index in [0.717, 1.165) is 41.3 Å². The Morgan fingerprint density at radius 2 is 1.79 bits per heavy atom. The molecule has 7 heteroatoms. The second-order valence-electron chi connectivity index (χ2n) is 8.35. The van der Waals surface area contributed by atoms with Crippen molar-refractivity contribution in [3.63, 3.8) is 0 Å². The third-order valence-electron chi connectivity index (χ3n) is 6.18. The average molecular weight is 476 g/mol. The Hall–Kier alpha value is -3.51. The summed E-state index contributed by atoms with van der Waals surface area (Å²) in [5.41, 5.74) is 2.90. The van der Waals surface area contributed by atoms with Crippen molar-refractivity contribution in [2.24, 2.45) is 0 Å². The smallest absolute Gasteiger partial charge is 0.227 e. The van der Waals surface area contributed by atoms with E-state index in [1.54, 1.807) is 7.11 Å². The fourth-order valence-corrected chi connectivity index (χ4v) is 4.69. The molecule has 0 radical (unpaired) electrons. The zero-order valence-corrected chi connectivity index (χ0v) is 19.7. The van der Waals surface area contributed by atoms with E-state index in [4.69, 9.17) is 26.1 Å². The van der Waals surface area contributed by atoms with Gasteiger partial charge in [-0.2, -0.15) is 0 Å². The molecule has 1 aliphatic heterocycles. The molecule has 1 saturated heterocycles. The highest BCUT2D eigenvalue weighted by Gasteiger charge is 2.34. The Morgan fingerprint density at radius 1 is 1.03 bits per heavy atom. The molecule has 6 nitrogen and oxygen atoms in total. The number of ether oxygens (including phenoxy) is 2. The minimum absolute atomic E-state index is 0.0199. The fourth-order valence-electron chi connectivity index (χ4n) is 4.50. The van der Waals surface area contributed by atoms with Gasteiger partial charge in [-0.25, -0.2) is 4.98 Å². The Bertz CT molecular complexity index is 1300. The molecular weight excluding hydrogens is 450 g/mol. The van der Waals surface area contributed by atoms with Gasteiger partial charge < -0.3 is 18.9 Å². The molecule has 0 aliphatic carbocycles. The number of anilines is 1. The number of imidazole rings is 1. The Kier molecular flexibility index (Phi) is 6.41. The molecule has 1 atom stereocenters. The Morgan fingerprint density at radius 3 is 2.59 bits per heavy atom. The Balaban J connectivity index is 1.34. The van der Waals surface area contributed by atoms with Gasteiger partial charge >= 0.3 is 0 Å². The first-order chi connectivity index (χ1) is 16.6. The lowest BCUT2D eigenvalue weighted by Gasteiger charge is -2.18. The predicted molar refractivity (Wildman–Crippen MR) is 134 cm³/mol. The van der Waals surface area contributed by atoms with Gasteiger partial charge in [-0.15, -0.1) is 0 Å². The van der Waals surface area contributed by atoms with Crippen LogP contribution in [0.3, 0.4) is 0 Å². The summed E-state index contributed by atoms with van der Waals surface area (Å²) in [4.78, 5) is 19.7. The number of para-hydroxylation sites is 3. The van der Waals surface area contributed by atoms with Crippen LogP contribution in [0.5, 0.6) is 11.5 Å². The molecule has 0 N–H and O–H groups in total. The second kappa shape index (κ2) is 9.77. The number of hydrogen-bond donors (Lipinski definition) is 0. The van der Waals surface area contributed by atoms with Crippen molar-refractivity contribution in [1.29, 1.82) is 0 Å². The van der Waals surface area contributed by atoms with E-state index in [2.05, 4.69) is 10.6 Å². The molecular formula is C27H26ClN3O3. The lowest BCUT2D eigenvalue weighted by Crippen LogP contribution is -2.24. The fraction of sp³-hybridized carbons (Fsp3) is 0.259. The first-order valence-corrected chi connectivity index (χ1v) is 11.8. The van der Waals surface area contributed by atoms with Crippen molar-refractivity contribution in [3.8, 4) is 11.5 Å². The quantitative estimate of drug-likeness (QED) is 0.307. The van der Waals surface area contributed by atoms with E-state index in [-0.39, 0.29) is 11.8 Å². The van der Waals surface area contributed by atoms with E-state index in [1.807, 2.05) is 71.6 Å². The summed E-state index contributed by atoms with van der Waals surface area (Å²) in [5.74, 6) is 2.54. The number of carbonyl (C=O) groups excluding carboxylic acids is 1. The topological polar surface area (TPSA) is 56.6 Å². The molecule has 0 bridgehead atoms. The number of benzene rings is 3. The summed E-state index contributed by atoms with van der Waals surface area (Å²) in [7, 11) is 1.63. The third kappa shape index (κ3) is 4.46. The van der Waals surface area contributed by atoms with Crippen molar-refractivity contribution in [2.45, 2.75) is 25.3 Å². The standard InChI is InChI=1S/C27H26ClN3O3/c1-33-21-13-11-20(12-14-21)31-18-19(17-26(31)32)27-29-23-8-3-4-9-24(23)30(27)15-6-16-34-25-10-5-2-7-22(25)28/h2-5,7-14,19H,6,15-18H2,1H3/t19-/m1/s1. The molecule has 0 spiro atoms. The van der Waals surface area contributed by atoms with E-state index >= 15 is 0 Å². The number of hydrogen-bond acceptors (Lipinski definition) is 4. The number of methoxy groups -OCH3 is 1. The number of nitrogens with zero attached hydrogens (tertiary/aromatic N) is 3. The average Bonchev–Trinajstić information content (AvgIpc) is 3.43. The van der Waals surface area contributed by atoms with Crippen molar-refractivity contribution in [3.05, 3.63) is 83.6 Å². The van der Waals surface area contributed by atoms with Crippen LogP contribution in [-0.2, 0) is 11.3 Å². The summed E-state index contributed by atoms with van der Waals surface area (Å²) in [6.07, 6.45) is 1.23. The molecule has 0 unspecified atom stereocenters. The van der Waals surface area contributed by atoms with E-state index in [9.17, 15) is 4.79 Å². The highest BCUT2D eigenvalue weighted by atomic mass is 35.5. The van der Waals surface area contributed by atoms with Crippen LogP contribution in [0.4, 0.5) is 5.69 Å². The molecule has 174 valence electrons. The van der Waals surface area contributed by atoms with Crippen molar-refractivity contribution >= 4 is 34.2 Å². The first kappa shape index (κ1) is 22.3. The number of aromatic nitrogens is 2. The summed E-state index contributed by atoms with van der Waals surface area (Å²) < 4.78 is 13.4. The monoisotopic (exact) mass is 475 g/mol. The molecule has 34 heavy (non-hydrogen) atoms. The molecule has 2 heterocycles. The van der Waals surface area contributed by atoms with Crippen LogP contribution >= 0.6 is 11.6 Å². The third-order valence-corrected chi connectivity index (χ3v) is 6.49. The van der Waals surface area contributed by atoms with Gasteiger partial charge in [0.1, 0.15) is 17.3 Å². The van der Waals surface area contributed by atoms with Crippen LogP contribution in [0.15, 0.2) is 72.8 Å². The van der Waals surface area contributed by atoms with Crippen LogP contribution in [-0.4, -0.2) is 35.7 Å². The van der Waals surface area contributed by atoms with Crippen molar-refractivity contribution in [1.82, 2.24) is 9.55 Å². The first-order valence-electron chi connectivity index (χ1n) is 11.4. The number of fused-ring (bicyclic) bond motifs is 1. The SMILES string of the molecule is COc1ccc(N2C[C@H](c3nc4ccccc4n3CCCOc3ccccc3Cl)CC2=O)cc1. The summed E-state index contributed by atoms with van der Waals surface area (Å²) >= 11 is 6.20. The zero-order chi connectivity index (χ0) is 23.5. The molecule has 5 rings (SSSR count). The molecule has 1 aliphatic rings. The van der Waals surface area contributed by atoms with E-state index < -0.39 is 0 Å². The molecule has 1 amide bonds. The van der Waals surface area contributed by atoms with E-state index in [1.165, 1.54) is 0 Å². The van der Waals surface area contributed by atoms with Crippen LogP contribution in [0.25, 0.3) is 11.0 Å². The summed E-state index contributed by atoms with van der Waals surface area (Å²) in [5, 5.41) is 0.611. The maximum atomic E-state index is 12.9. The molecule has 0 saturated carbocycles. The number of halogens is 1. The van der Waals surface area contributed by atoms with Gasteiger partial charge in [0, 0.05) is 31.1 Å². The number of carbonyl (C=O) groups is 1. The second-order valence-corrected chi connectivity index (χ2v) is 8.75. The summed E-state index contributed by atoms with van der Waals surface area (Å²) in [6.45, 7) is 1.88. The molecule has 1 fully saturated rings. The van der Waals surface area contributed by atoms with Gasteiger partial charge in [-0.05, 0) is 55.0 Å². The van der Waals surface area contributed by atoms with Crippen LogP contribution in [0, 0.1) is 0 Å². The van der Waals surface area contributed by atoms with Crippen molar-refractivity contribution < 1.29 is 14.3 Å². The Labute approximate surface area is 203 Å². The van der Waals surface area contributed by atoms with Gasteiger partial charge in [0.25, 0.3) is 0 Å². The van der Waals surface area contributed by atoms with Crippen LogP contribution in [0.1, 0.15) is 24.6 Å². The maximum Gasteiger partial charge on any atom is 0.227 e. The van der Waals surface area contributed by atoms with Gasteiger partial charge in [-0.3, -0.25) is 4.79 Å². The summed E-state index contributed by atoms with van der Waals surface area (Å²) in [6, 6.07) is 23.2. The minimum atomic E-state index is 0.0199. The lowest BCUT2D eigenvalue weighted by atomic mass is 10.1. The molecule has 1 aromatic heterocycles. The van der Waals surface area contributed by atoms with Crippen LogP contribution < -0.4 is 14.4 Å². The maximum absolute atomic E-state index is 12.9. The van der Waals surface area contributed by atoms with Gasteiger partial charge in [-0.1, -0.05) is 35.9 Å². The normalized spacial score (nSPS) is 15.8. The zero-order valence-electron chi connectivity index (χ0n) is 19.0.